The van der Waals surface area contributed by atoms with E-state index >= 15 is 0 Å². The minimum Gasteiger partial charge on any atom is -0.383 e. The lowest BCUT2D eigenvalue weighted by Gasteiger charge is -2.05. The molecule has 2 aromatic heterocycles. The minimum atomic E-state index is -0.189. The van der Waals surface area contributed by atoms with E-state index in [-0.39, 0.29) is 23.3 Å². The lowest BCUT2D eigenvalue weighted by molar-refractivity contribution is -0.113. The van der Waals surface area contributed by atoms with Crippen LogP contribution in [0.5, 0.6) is 0 Å². The molecule has 0 aliphatic rings. The summed E-state index contributed by atoms with van der Waals surface area (Å²) in [6.45, 7) is 0. The third-order valence-corrected chi connectivity index (χ3v) is 5.88. The van der Waals surface area contributed by atoms with Crippen LogP contribution in [0, 0.1) is 0 Å². The Kier molecular flexibility index (Phi) is 5.59. The van der Waals surface area contributed by atoms with Gasteiger partial charge in [-0.3, -0.25) is 4.79 Å². The van der Waals surface area contributed by atoms with Gasteiger partial charge in [-0.25, -0.2) is 15.0 Å². The molecule has 0 fully saturated rings. The molecule has 1 amide bonds. The Morgan fingerprint density at radius 1 is 1.07 bits per heavy atom. The first kappa shape index (κ1) is 19.2. The number of benzene rings is 2. The Bertz CT molecular complexity index is 1150. The van der Waals surface area contributed by atoms with Crippen molar-refractivity contribution in [3.05, 3.63) is 65.2 Å². The summed E-state index contributed by atoms with van der Waals surface area (Å²) in [5.41, 5.74) is 12.5. The van der Waals surface area contributed by atoms with Crippen LogP contribution in [0.4, 0.5) is 16.8 Å². The van der Waals surface area contributed by atoms with Crippen LogP contribution < -0.4 is 16.8 Å². The van der Waals surface area contributed by atoms with Gasteiger partial charge in [-0.1, -0.05) is 54.2 Å². The summed E-state index contributed by atoms with van der Waals surface area (Å²) in [5, 5.41) is 6.19. The highest BCUT2D eigenvalue weighted by Crippen LogP contribution is 2.26. The van der Waals surface area contributed by atoms with Crippen LogP contribution >= 0.6 is 23.1 Å². The van der Waals surface area contributed by atoms with E-state index in [1.807, 2.05) is 12.1 Å². The fraction of sp³-hybridized carbons (Fsp3) is 0.100. The van der Waals surface area contributed by atoms with Crippen LogP contribution in [-0.2, 0) is 11.2 Å². The summed E-state index contributed by atoms with van der Waals surface area (Å²) in [7, 11) is 0. The lowest BCUT2D eigenvalue weighted by Crippen LogP contribution is -2.14. The maximum atomic E-state index is 12.2. The van der Waals surface area contributed by atoms with Crippen LogP contribution in [0.15, 0.2) is 59.9 Å². The van der Waals surface area contributed by atoms with Crippen LogP contribution in [0.25, 0.3) is 10.8 Å². The molecule has 0 radical (unpaired) electrons. The van der Waals surface area contributed by atoms with Crippen LogP contribution in [-0.4, -0.2) is 26.6 Å². The van der Waals surface area contributed by atoms with Crippen molar-refractivity contribution >= 4 is 56.5 Å². The molecular formula is C20H18N6OS2. The molecular weight excluding hydrogens is 404 g/mol. The molecule has 0 saturated heterocycles. The first-order valence-electron chi connectivity index (χ1n) is 8.81. The number of thiazole rings is 1. The largest absolute Gasteiger partial charge is 0.383 e. The van der Waals surface area contributed by atoms with E-state index in [1.165, 1.54) is 45.5 Å². The average molecular weight is 423 g/mol. The number of nitrogens with one attached hydrogen (secondary N) is 1. The number of aromatic nitrogens is 3. The summed E-state index contributed by atoms with van der Waals surface area (Å²) in [6, 6.07) is 16.1. The Hall–Kier alpha value is -3.17. The molecule has 5 N–H and O–H groups in total. The number of nitrogens with two attached hydrogens (primary N) is 2. The van der Waals surface area contributed by atoms with Gasteiger partial charge in [0.25, 0.3) is 0 Å². The Morgan fingerprint density at radius 2 is 1.83 bits per heavy atom. The number of rotatable bonds is 6. The summed E-state index contributed by atoms with van der Waals surface area (Å²) in [6.07, 6.45) is 2.57. The predicted octanol–water partition coefficient (Wildman–Crippen LogP) is 3.57. The molecule has 2 heterocycles. The van der Waals surface area contributed by atoms with Gasteiger partial charge in [0, 0.05) is 23.6 Å². The number of hydrogen-bond acceptors (Lipinski definition) is 8. The number of carbonyl (C=O) groups is 1. The standard InChI is InChI=1S/C20H18N6OS2/c21-16-9-17(22)25-20(24-16)28-11-18(27)26-19-23-10-14(29-19)8-13-6-3-5-12-4-1-2-7-15(12)13/h1-7,9-10H,8,11H2,(H,23,26,27)(H4,21,22,24,25). The molecule has 0 unspecified atom stereocenters. The number of fused-ring (bicyclic) bond motifs is 1. The summed E-state index contributed by atoms with van der Waals surface area (Å²) < 4.78 is 0. The van der Waals surface area contributed by atoms with Gasteiger partial charge < -0.3 is 16.8 Å². The highest BCUT2D eigenvalue weighted by Gasteiger charge is 2.10. The van der Waals surface area contributed by atoms with Crippen molar-refractivity contribution < 1.29 is 4.79 Å². The highest BCUT2D eigenvalue weighted by atomic mass is 32.2. The Labute approximate surface area is 175 Å². The number of thioether (sulfide) groups is 1. The first-order valence-corrected chi connectivity index (χ1v) is 10.6. The molecule has 0 aliphatic heterocycles. The quantitative estimate of drug-likeness (QED) is 0.321. The minimum absolute atomic E-state index is 0.140. The van der Waals surface area contributed by atoms with Crippen molar-refractivity contribution in [3.8, 4) is 0 Å². The molecule has 0 aliphatic carbocycles. The Morgan fingerprint density at radius 3 is 2.66 bits per heavy atom. The van der Waals surface area contributed by atoms with Crippen molar-refractivity contribution in [2.75, 3.05) is 22.5 Å². The van der Waals surface area contributed by atoms with Gasteiger partial charge >= 0.3 is 0 Å². The normalized spacial score (nSPS) is 10.9. The van der Waals surface area contributed by atoms with E-state index in [2.05, 4.69) is 50.6 Å². The number of nitrogen functional groups attached to an aromatic ring is 2. The third-order valence-electron chi connectivity index (χ3n) is 4.12. The second-order valence-corrected chi connectivity index (χ2v) is 8.34. The Balaban J connectivity index is 1.38. The van der Waals surface area contributed by atoms with Gasteiger partial charge in [0.2, 0.25) is 5.91 Å². The van der Waals surface area contributed by atoms with E-state index in [9.17, 15) is 4.79 Å². The smallest absolute Gasteiger partial charge is 0.236 e. The molecule has 4 aromatic rings. The third kappa shape index (κ3) is 4.82. The maximum absolute atomic E-state index is 12.2. The zero-order valence-electron chi connectivity index (χ0n) is 15.3. The molecule has 7 nitrogen and oxygen atoms in total. The van der Waals surface area contributed by atoms with E-state index in [0.29, 0.717) is 10.3 Å². The molecule has 146 valence electrons. The number of amides is 1. The predicted molar refractivity (Wildman–Crippen MR) is 119 cm³/mol. The van der Waals surface area contributed by atoms with E-state index in [4.69, 9.17) is 11.5 Å². The fourth-order valence-corrected chi connectivity index (χ4v) is 4.42. The summed E-state index contributed by atoms with van der Waals surface area (Å²) in [5.74, 6) is 0.503. The molecule has 0 atom stereocenters. The second kappa shape index (κ2) is 8.46. The van der Waals surface area contributed by atoms with E-state index < -0.39 is 0 Å². The van der Waals surface area contributed by atoms with Gasteiger partial charge in [-0.05, 0) is 16.3 Å². The maximum Gasteiger partial charge on any atom is 0.236 e. The lowest BCUT2D eigenvalue weighted by atomic mass is 10.0. The summed E-state index contributed by atoms with van der Waals surface area (Å²) >= 11 is 2.64. The molecule has 0 saturated carbocycles. The number of anilines is 3. The SMILES string of the molecule is Nc1cc(N)nc(SCC(=O)Nc2ncc(Cc3cccc4ccccc34)s2)n1. The zero-order valence-corrected chi connectivity index (χ0v) is 17.0. The molecule has 2 aromatic carbocycles. The van der Waals surface area contributed by atoms with Crippen LogP contribution in [0.3, 0.4) is 0 Å². The summed E-state index contributed by atoms with van der Waals surface area (Å²) in [4.78, 5) is 25.7. The van der Waals surface area contributed by atoms with Crippen molar-refractivity contribution in [3.63, 3.8) is 0 Å². The molecule has 29 heavy (non-hydrogen) atoms. The first-order chi connectivity index (χ1) is 14.1. The average Bonchev–Trinajstić information content (AvgIpc) is 3.13. The second-order valence-electron chi connectivity index (χ2n) is 6.28. The van der Waals surface area contributed by atoms with Crippen molar-refractivity contribution in [2.45, 2.75) is 11.6 Å². The molecule has 0 spiro atoms. The number of hydrogen-bond donors (Lipinski definition) is 3. The molecule has 4 rings (SSSR count). The van der Waals surface area contributed by atoms with Gasteiger partial charge in [-0.15, -0.1) is 11.3 Å². The van der Waals surface area contributed by atoms with Gasteiger partial charge in [0.1, 0.15) is 11.6 Å². The topological polar surface area (TPSA) is 120 Å². The fourth-order valence-electron chi connectivity index (χ4n) is 2.89. The molecule has 9 heteroatoms. The van der Waals surface area contributed by atoms with E-state index in [1.54, 1.807) is 6.20 Å². The monoisotopic (exact) mass is 422 g/mol. The van der Waals surface area contributed by atoms with Crippen LogP contribution in [0.1, 0.15) is 10.4 Å². The van der Waals surface area contributed by atoms with Gasteiger partial charge in [0.15, 0.2) is 10.3 Å². The van der Waals surface area contributed by atoms with Crippen molar-refractivity contribution in [1.29, 1.82) is 0 Å². The highest BCUT2D eigenvalue weighted by molar-refractivity contribution is 7.99. The van der Waals surface area contributed by atoms with Crippen molar-refractivity contribution in [2.24, 2.45) is 0 Å². The molecule has 0 bridgehead atoms. The van der Waals surface area contributed by atoms with Gasteiger partial charge in [-0.2, -0.15) is 0 Å². The number of carbonyl (C=O) groups excluding carboxylic acids is 1. The van der Waals surface area contributed by atoms with Gasteiger partial charge in [0.05, 0.1) is 5.75 Å². The van der Waals surface area contributed by atoms with Crippen molar-refractivity contribution in [1.82, 2.24) is 15.0 Å². The number of nitrogens with zero attached hydrogens (tertiary/aromatic N) is 3. The van der Waals surface area contributed by atoms with E-state index in [0.717, 1.165) is 11.3 Å². The van der Waals surface area contributed by atoms with Crippen LogP contribution in [0.2, 0.25) is 0 Å². The zero-order chi connectivity index (χ0) is 20.2.